The van der Waals surface area contributed by atoms with Crippen LogP contribution in [0.25, 0.3) is 10.9 Å². The van der Waals surface area contributed by atoms with E-state index < -0.39 is 5.97 Å². The smallest absolute Gasteiger partial charge is 0.336 e. The molecule has 0 bridgehead atoms. The molecule has 4 rings (SSSR count). The molecule has 102 valence electrons. The number of aromatic nitrogens is 1. The Morgan fingerprint density at radius 3 is 2.70 bits per heavy atom. The van der Waals surface area contributed by atoms with Crippen molar-refractivity contribution in [2.75, 3.05) is 18.0 Å². The number of rotatable bonds is 3. The summed E-state index contributed by atoms with van der Waals surface area (Å²) in [6, 6.07) is 7.50. The third-order valence-corrected chi connectivity index (χ3v) is 4.52. The molecule has 1 saturated heterocycles. The SMILES string of the molecule is O=C(O)c1ccnc2ccc(N3CC(C4CC4)C3)cc12. The van der Waals surface area contributed by atoms with Gasteiger partial charge in [0.2, 0.25) is 0 Å². The number of fused-ring (bicyclic) bond motifs is 1. The van der Waals surface area contributed by atoms with Gasteiger partial charge in [0.05, 0.1) is 11.1 Å². The summed E-state index contributed by atoms with van der Waals surface area (Å²) in [5.74, 6) is 0.899. The zero-order valence-corrected chi connectivity index (χ0v) is 11.1. The fourth-order valence-corrected chi connectivity index (χ4v) is 3.11. The third kappa shape index (κ3) is 1.83. The lowest BCUT2D eigenvalue weighted by Gasteiger charge is -2.41. The predicted molar refractivity (Wildman–Crippen MR) is 77.1 cm³/mol. The van der Waals surface area contributed by atoms with E-state index in [1.54, 1.807) is 12.3 Å². The number of hydrogen-bond donors (Lipinski definition) is 1. The highest BCUT2D eigenvalue weighted by Crippen LogP contribution is 2.42. The number of carbonyl (C=O) groups is 1. The lowest BCUT2D eigenvalue weighted by molar-refractivity contribution is 0.0699. The second kappa shape index (κ2) is 4.20. The van der Waals surface area contributed by atoms with Crippen LogP contribution < -0.4 is 4.90 Å². The van der Waals surface area contributed by atoms with Gasteiger partial charge in [-0.1, -0.05) is 0 Å². The highest BCUT2D eigenvalue weighted by atomic mass is 16.4. The van der Waals surface area contributed by atoms with E-state index in [0.29, 0.717) is 5.56 Å². The molecule has 2 aromatic rings. The molecule has 1 aliphatic carbocycles. The molecule has 2 aliphatic rings. The number of carboxylic acids is 1. The summed E-state index contributed by atoms with van der Waals surface area (Å²) in [6.45, 7) is 2.22. The molecule has 1 saturated carbocycles. The van der Waals surface area contributed by atoms with Crippen molar-refractivity contribution in [2.24, 2.45) is 11.8 Å². The van der Waals surface area contributed by atoms with Crippen molar-refractivity contribution in [3.05, 3.63) is 36.0 Å². The second-order valence-corrected chi connectivity index (χ2v) is 5.87. The van der Waals surface area contributed by atoms with Crippen LogP contribution in [0.2, 0.25) is 0 Å². The Morgan fingerprint density at radius 2 is 2.00 bits per heavy atom. The predicted octanol–water partition coefficient (Wildman–Crippen LogP) is 2.78. The minimum absolute atomic E-state index is 0.330. The molecule has 0 amide bonds. The van der Waals surface area contributed by atoms with Gasteiger partial charge in [-0.05, 0) is 48.9 Å². The molecule has 0 atom stereocenters. The van der Waals surface area contributed by atoms with Crippen LogP contribution in [0.4, 0.5) is 5.69 Å². The van der Waals surface area contributed by atoms with E-state index in [1.165, 1.54) is 12.8 Å². The Morgan fingerprint density at radius 1 is 1.20 bits per heavy atom. The van der Waals surface area contributed by atoms with Gasteiger partial charge in [0.1, 0.15) is 0 Å². The number of aromatic carboxylic acids is 1. The van der Waals surface area contributed by atoms with Crippen LogP contribution in [0.3, 0.4) is 0 Å². The van der Waals surface area contributed by atoms with Crippen molar-refractivity contribution < 1.29 is 9.90 Å². The Hall–Kier alpha value is -2.10. The standard InChI is InChI=1S/C16H16N2O2/c19-16(20)13-5-6-17-15-4-3-12(7-14(13)15)18-8-11(9-18)10-1-2-10/h3-7,10-11H,1-2,8-9H2,(H,19,20). The Bertz CT molecular complexity index is 688. The average Bonchev–Trinajstić information content (AvgIpc) is 3.20. The Kier molecular flexibility index (Phi) is 2.46. The summed E-state index contributed by atoms with van der Waals surface area (Å²) >= 11 is 0. The van der Waals surface area contributed by atoms with Crippen LogP contribution in [-0.2, 0) is 0 Å². The van der Waals surface area contributed by atoms with Crippen molar-refractivity contribution in [3.8, 4) is 0 Å². The van der Waals surface area contributed by atoms with Gasteiger partial charge in [0, 0.05) is 30.4 Å². The summed E-state index contributed by atoms with van der Waals surface area (Å²) in [6.07, 6.45) is 4.34. The Balaban J connectivity index is 1.67. The van der Waals surface area contributed by atoms with Crippen LogP contribution in [0.5, 0.6) is 0 Å². The molecule has 20 heavy (non-hydrogen) atoms. The fourth-order valence-electron chi connectivity index (χ4n) is 3.11. The second-order valence-electron chi connectivity index (χ2n) is 5.87. The molecular weight excluding hydrogens is 252 g/mol. The minimum atomic E-state index is -0.894. The first kappa shape index (κ1) is 11.7. The molecule has 2 fully saturated rings. The third-order valence-electron chi connectivity index (χ3n) is 4.52. The van der Waals surface area contributed by atoms with Gasteiger partial charge in [0.25, 0.3) is 0 Å². The number of hydrogen-bond acceptors (Lipinski definition) is 3. The molecule has 4 nitrogen and oxygen atoms in total. The average molecular weight is 268 g/mol. The first-order chi connectivity index (χ1) is 9.72. The highest BCUT2D eigenvalue weighted by Gasteiger charge is 2.39. The number of pyridine rings is 1. The van der Waals surface area contributed by atoms with E-state index in [0.717, 1.165) is 41.5 Å². The van der Waals surface area contributed by atoms with E-state index in [-0.39, 0.29) is 0 Å². The van der Waals surface area contributed by atoms with E-state index >= 15 is 0 Å². The van der Waals surface area contributed by atoms with Crippen LogP contribution >= 0.6 is 0 Å². The van der Waals surface area contributed by atoms with E-state index in [9.17, 15) is 9.90 Å². The first-order valence-corrected chi connectivity index (χ1v) is 7.09. The van der Waals surface area contributed by atoms with E-state index in [2.05, 4.69) is 9.88 Å². The molecule has 0 spiro atoms. The molecule has 0 unspecified atom stereocenters. The van der Waals surface area contributed by atoms with E-state index in [1.807, 2.05) is 18.2 Å². The maximum absolute atomic E-state index is 11.3. The van der Waals surface area contributed by atoms with Crippen LogP contribution in [-0.4, -0.2) is 29.1 Å². The van der Waals surface area contributed by atoms with Crippen LogP contribution in [0.15, 0.2) is 30.5 Å². The molecule has 1 aromatic carbocycles. The van der Waals surface area contributed by atoms with Gasteiger partial charge in [-0.25, -0.2) is 4.79 Å². The normalized spacial score (nSPS) is 19.1. The minimum Gasteiger partial charge on any atom is -0.478 e. The first-order valence-electron chi connectivity index (χ1n) is 7.09. The summed E-state index contributed by atoms with van der Waals surface area (Å²) < 4.78 is 0. The summed E-state index contributed by atoms with van der Waals surface area (Å²) in [4.78, 5) is 17.9. The number of benzene rings is 1. The molecule has 0 radical (unpaired) electrons. The summed E-state index contributed by atoms with van der Waals surface area (Å²) in [7, 11) is 0. The molecule has 2 heterocycles. The summed E-state index contributed by atoms with van der Waals surface area (Å²) in [5.41, 5.74) is 2.19. The number of carboxylic acid groups (broad SMARTS) is 1. The monoisotopic (exact) mass is 268 g/mol. The molecular formula is C16H16N2O2. The van der Waals surface area contributed by atoms with Gasteiger partial charge in [-0.2, -0.15) is 0 Å². The topological polar surface area (TPSA) is 53.4 Å². The molecule has 1 aromatic heterocycles. The van der Waals surface area contributed by atoms with Gasteiger partial charge < -0.3 is 10.0 Å². The number of anilines is 1. The van der Waals surface area contributed by atoms with Gasteiger partial charge in [-0.15, -0.1) is 0 Å². The quantitative estimate of drug-likeness (QED) is 0.930. The van der Waals surface area contributed by atoms with Crippen LogP contribution in [0, 0.1) is 11.8 Å². The lowest BCUT2D eigenvalue weighted by atomic mass is 9.93. The van der Waals surface area contributed by atoms with Crippen LogP contribution in [0.1, 0.15) is 23.2 Å². The van der Waals surface area contributed by atoms with E-state index in [4.69, 9.17) is 0 Å². The molecule has 4 heteroatoms. The summed E-state index contributed by atoms with van der Waals surface area (Å²) in [5, 5.41) is 9.99. The van der Waals surface area contributed by atoms with Gasteiger partial charge >= 0.3 is 5.97 Å². The lowest BCUT2D eigenvalue weighted by Crippen LogP contribution is -2.47. The van der Waals surface area contributed by atoms with Crippen molar-refractivity contribution >= 4 is 22.6 Å². The highest BCUT2D eigenvalue weighted by molar-refractivity contribution is 6.03. The maximum Gasteiger partial charge on any atom is 0.336 e. The van der Waals surface area contributed by atoms with Gasteiger partial charge in [-0.3, -0.25) is 4.98 Å². The number of nitrogens with zero attached hydrogens (tertiary/aromatic N) is 2. The van der Waals surface area contributed by atoms with Crippen molar-refractivity contribution in [2.45, 2.75) is 12.8 Å². The molecule has 1 aliphatic heterocycles. The fraction of sp³-hybridized carbons (Fsp3) is 0.375. The van der Waals surface area contributed by atoms with Crippen molar-refractivity contribution in [3.63, 3.8) is 0 Å². The van der Waals surface area contributed by atoms with Crippen molar-refractivity contribution in [1.29, 1.82) is 0 Å². The molecule has 1 N–H and O–H groups in total. The van der Waals surface area contributed by atoms with Crippen molar-refractivity contribution in [1.82, 2.24) is 4.98 Å². The Labute approximate surface area is 117 Å². The zero-order chi connectivity index (χ0) is 13.7. The maximum atomic E-state index is 11.3. The van der Waals surface area contributed by atoms with Gasteiger partial charge in [0.15, 0.2) is 0 Å². The zero-order valence-electron chi connectivity index (χ0n) is 11.1. The largest absolute Gasteiger partial charge is 0.478 e.